The lowest BCUT2D eigenvalue weighted by atomic mass is 9.92. The van der Waals surface area contributed by atoms with Crippen LogP contribution in [0.3, 0.4) is 0 Å². The molecule has 2 heterocycles. The molecule has 5 rings (SSSR count). The van der Waals surface area contributed by atoms with Crippen molar-refractivity contribution in [2.75, 3.05) is 13.1 Å². The van der Waals surface area contributed by atoms with E-state index in [-0.39, 0.29) is 23.8 Å². The summed E-state index contributed by atoms with van der Waals surface area (Å²) >= 11 is 0. The fourth-order valence-corrected chi connectivity index (χ4v) is 4.58. The molecule has 162 valence electrons. The van der Waals surface area contributed by atoms with Crippen LogP contribution in [0.25, 0.3) is 0 Å². The number of piperidine rings is 1. The molecule has 1 saturated heterocycles. The summed E-state index contributed by atoms with van der Waals surface area (Å²) < 4.78 is 6.04. The van der Waals surface area contributed by atoms with Crippen molar-refractivity contribution in [1.29, 1.82) is 0 Å². The Bertz CT molecular complexity index is 1110. The van der Waals surface area contributed by atoms with Gasteiger partial charge in [0, 0.05) is 29.8 Å². The van der Waals surface area contributed by atoms with Gasteiger partial charge in [-0.3, -0.25) is 9.59 Å². The minimum Gasteiger partial charge on any atom is -0.457 e. The van der Waals surface area contributed by atoms with Crippen LogP contribution in [-0.2, 0) is 4.79 Å². The average Bonchev–Trinajstić information content (AvgIpc) is 2.84. The Morgan fingerprint density at radius 1 is 0.906 bits per heavy atom. The van der Waals surface area contributed by atoms with Crippen LogP contribution in [-0.4, -0.2) is 29.8 Å². The largest absolute Gasteiger partial charge is 0.457 e. The molecule has 3 aromatic carbocycles. The van der Waals surface area contributed by atoms with Crippen molar-refractivity contribution in [1.82, 2.24) is 10.2 Å². The number of ether oxygens (including phenoxy) is 1. The van der Waals surface area contributed by atoms with Crippen molar-refractivity contribution < 1.29 is 14.3 Å². The third kappa shape index (κ3) is 3.86. The number of amides is 2. The number of hydrogen-bond acceptors (Lipinski definition) is 3. The highest BCUT2D eigenvalue weighted by Gasteiger charge is 2.33. The average molecular weight is 427 g/mol. The van der Waals surface area contributed by atoms with Gasteiger partial charge in [0.1, 0.15) is 11.5 Å². The van der Waals surface area contributed by atoms with Crippen LogP contribution in [0.1, 0.15) is 45.9 Å². The van der Waals surface area contributed by atoms with Gasteiger partial charge in [-0.25, -0.2) is 0 Å². The third-order valence-electron chi connectivity index (χ3n) is 6.34. The minimum atomic E-state index is -0.271. The van der Waals surface area contributed by atoms with E-state index in [1.54, 1.807) is 0 Å². The lowest BCUT2D eigenvalue weighted by Gasteiger charge is -2.34. The number of hydrogen-bond donors (Lipinski definition) is 1. The van der Waals surface area contributed by atoms with Crippen molar-refractivity contribution >= 4 is 11.8 Å². The van der Waals surface area contributed by atoms with Gasteiger partial charge in [-0.15, -0.1) is 0 Å². The molecule has 32 heavy (non-hydrogen) atoms. The summed E-state index contributed by atoms with van der Waals surface area (Å²) in [5.74, 6) is 1.25. The van der Waals surface area contributed by atoms with E-state index in [4.69, 9.17) is 4.74 Å². The third-order valence-corrected chi connectivity index (χ3v) is 6.34. The number of nitrogens with zero attached hydrogens (tertiary/aromatic N) is 1. The van der Waals surface area contributed by atoms with E-state index in [9.17, 15) is 9.59 Å². The summed E-state index contributed by atoms with van der Waals surface area (Å²) in [6, 6.07) is 22.9. The Balaban J connectivity index is 1.34. The van der Waals surface area contributed by atoms with Gasteiger partial charge in [-0.1, -0.05) is 54.1 Å². The first kappa shape index (κ1) is 20.3. The molecule has 2 aliphatic rings. The predicted octanol–water partition coefficient (Wildman–Crippen LogP) is 4.86. The van der Waals surface area contributed by atoms with Crippen molar-refractivity contribution in [2.45, 2.75) is 25.8 Å². The number of rotatable bonds is 3. The molecule has 2 aliphatic heterocycles. The molecule has 1 unspecified atom stereocenters. The summed E-state index contributed by atoms with van der Waals surface area (Å²) in [6.07, 6.45) is 1.59. The van der Waals surface area contributed by atoms with E-state index in [1.165, 1.54) is 0 Å². The first-order valence-electron chi connectivity index (χ1n) is 11.1. The van der Waals surface area contributed by atoms with Gasteiger partial charge in [0.15, 0.2) is 0 Å². The number of benzene rings is 3. The van der Waals surface area contributed by atoms with E-state index < -0.39 is 0 Å². The predicted molar refractivity (Wildman–Crippen MR) is 123 cm³/mol. The second-order valence-electron chi connectivity index (χ2n) is 8.58. The Hall–Kier alpha value is -3.60. The van der Waals surface area contributed by atoms with Crippen LogP contribution in [0.2, 0.25) is 0 Å². The molecule has 0 aliphatic carbocycles. The maximum atomic E-state index is 13.3. The molecule has 3 aromatic rings. The molecule has 5 nitrogen and oxygen atoms in total. The fourth-order valence-electron chi connectivity index (χ4n) is 4.58. The molecular weight excluding hydrogens is 400 g/mol. The lowest BCUT2D eigenvalue weighted by molar-refractivity contribution is -0.126. The zero-order valence-corrected chi connectivity index (χ0v) is 18.1. The van der Waals surface area contributed by atoms with E-state index in [0.717, 1.165) is 41.0 Å². The molecule has 0 spiro atoms. The summed E-state index contributed by atoms with van der Waals surface area (Å²) in [5.41, 5.74) is 3.68. The van der Waals surface area contributed by atoms with E-state index in [0.29, 0.717) is 18.7 Å². The number of para-hydroxylation sites is 2. The van der Waals surface area contributed by atoms with Crippen molar-refractivity contribution in [3.8, 4) is 11.5 Å². The molecule has 0 radical (unpaired) electrons. The summed E-state index contributed by atoms with van der Waals surface area (Å²) in [5, 5.41) is 3.25. The zero-order chi connectivity index (χ0) is 22.1. The quantitative estimate of drug-likeness (QED) is 0.651. The molecule has 5 heteroatoms. The number of likely N-dealkylation sites (tertiary alicyclic amines) is 1. The van der Waals surface area contributed by atoms with Crippen molar-refractivity contribution in [2.24, 2.45) is 5.92 Å². The molecular formula is C27H26N2O3. The van der Waals surface area contributed by atoms with E-state index in [2.05, 4.69) is 5.32 Å². The second-order valence-corrected chi connectivity index (χ2v) is 8.58. The Morgan fingerprint density at radius 2 is 1.53 bits per heavy atom. The number of fused-ring (bicyclic) bond motifs is 2. The first-order valence-corrected chi connectivity index (χ1v) is 11.1. The molecule has 2 amide bonds. The van der Waals surface area contributed by atoms with Gasteiger partial charge < -0.3 is 15.0 Å². The van der Waals surface area contributed by atoms with Gasteiger partial charge in [0.05, 0.1) is 12.0 Å². The molecule has 0 bridgehead atoms. The summed E-state index contributed by atoms with van der Waals surface area (Å²) in [4.78, 5) is 28.1. The highest BCUT2D eigenvalue weighted by Crippen LogP contribution is 2.42. The lowest BCUT2D eigenvalue weighted by Crippen LogP contribution is -2.46. The maximum absolute atomic E-state index is 13.3. The van der Waals surface area contributed by atoms with Crippen molar-refractivity contribution in [3.05, 3.63) is 95.1 Å². The van der Waals surface area contributed by atoms with Crippen LogP contribution in [0.5, 0.6) is 11.5 Å². The van der Waals surface area contributed by atoms with Crippen LogP contribution in [0.4, 0.5) is 0 Å². The van der Waals surface area contributed by atoms with E-state index >= 15 is 0 Å². The highest BCUT2D eigenvalue weighted by atomic mass is 16.5. The normalized spacial score (nSPS) is 17.7. The molecule has 1 atom stereocenters. The maximum Gasteiger partial charge on any atom is 0.253 e. The zero-order valence-electron chi connectivity index (χ0n) is 18.1. The van der Waals surface area contributed by atoms with Crippen LogP contribution >= 0.6 is 0 Å². The SMILES string of the molecule is Cc1ccc(C(=O)N2CCCC(C(=O)NC3c4ccccc4Oc4ccccc43)C2)cc1. The van der Waals surface area contributed by atoms with Crippen LogP contribution in [0.15, 0.2) is 72.8 Å². The van der Waals surface area contributed by atoms with Crippen LogP contribution in [0, 0.1) is 12.8 Å². The Kier molecular flexibility index (Phi) is 5.39. The molecule has 0 aromatic heterocycles. The van der Waals surface area contributed by atoms with Gasteiger partial charge in [0.2, 0.25) is 5.91 Å². The Labute approximate surface area is 188 Å². The highest BCUT2D eigenvalue weighted by molar-refractivity contribution is 5.94. The number of nitrogens with one attached hydrogen (secondary N) is 1. The first-order chi connectivity index (χ1) is 15.6. The number of carbonyl (C=O) groups is 2. The summed E-state index contributed by atoms with van der Waals surface area (Å²) in [6.45, 7) is 3.12. The van der Waals surface area contributed by atoms with Crippen LogP contribution < -0.4 is 10.1 Å². The van der Waals surface area contributed by atoms with Gasteiger partial charge in [-0.05, 0) is 44.0 Å². The summed E-state index contributed by atoms with van der Waals surface area (Å²) in [7, 11) is 0. The standard InChI is InChI=1S/C27H26N2O3/c1-18-12-14-19(15-13-18)27(31)29-16-6-7-20(17-29)26(30)28-25-21-8-2-4-10-23(21)32-24-11-5-3-9-22(24)25/h2-5,8-15,20,25H,6-7,16-17H2,1H3,(H,28,30). The van der Waals surface area contributed by atoms with Gasteiger partial charge >= 0.3 is 0 Å². The smallest absolute Gasteiger partial charge is 0.253 e. The van der Waals surface area contributed by atoms with E-state index in [1.807, 2.05) is 84.6 Å². The van der Waals surface area contributed by atoms with Crippen molar-refractivity contribution in [3.63, 3.8) is 0 Å². The monoisotopic (exact) mass is 426 g/mol. The molecule has 1 fully saturated rings. The number of carbonyl (C=O) groups excluding carboxylic acids is 2. The van der Waals surface area contributed by atoms with Gasteiger partial charge in [-0.2, -0.15) is 0 Å². The molecule has 1 N–H and O–H groups in total. The Morgan fingerprint density at radius 3 is 2.19 bits per heavy atom. The number of aryl methyl sites for hydroxylation is 1. The minimum absolute atomic E-state index is 0.00995. The fraction of sp³-hybridized carbons (Fsp3) is 0.259. The second kappa shape index (κ2) is 8.50. The molecule has 0 saturated carbocycles. The topological polar surface area (TPSA) is 58.6 Å². The van der Waals surface area contributed by atoms with Gasteiger partial charge in [0.25, 0.3) is 5.91 Å².